The van der Waals surface area contributed by atoms with Crippen molar-refractivity contribution in [3.05, 3.63) is 40.6 Å². The van der Waals surface area contributed by atoms with E-state index in [9.17, 15) is 13.2 Å². The lowest BCUT2D eigenvalue weighted by atomic mass is 10.1. The fourth-order valence-electron chi connectivity index (χ4n) is 3.10. The van der Waals surface area contributed by atoms with Crippen LogP contribution in [0.1, 0.15) is 40.5 Å². The van der Waals surface area contributed by atoms with Gasteiger partial charge >= 0.3 is 5.97 Å². The van der Waals surface area contributed by atoms with Gasteiger partial charge in [0.15, 0.2) is 0 Å². The molecule has 10 heteroatoms. The summed E-state index contributed by atoms with van der Waals surface area (Å²) >= 11 is 0. The molecule has 1 aromatic heterocycles. The number of nitrogens with one attached hydrogen (secondary N) is 1. The van der Waals surface area contributed by atoms with Gasteiger partial charge in [-0.2, -0.15) is 8.42 Å². The molecule has 2 aromatic rings. The number of aromatic nitrogens is 1. The van der Waals surface area contributed by atoms with Crippen LogP contribution in [-0.4, -0.2) is 52.5 Å². The fraction of sp³-hybridized carbons (Fsp3) is 0.455. The second kappa shape index (κ2) is 10.6. The van der Waals surface area contributed by atoms with Crippen LogP contribution in [0.15, 0.2) is 18.2 Å². The Morgan fingerprint density at radius 3 is 2.25 bits per heavy atom. The van der Waals surface area contributed by atoms with Crippen molar-refractivity contribution >= 4 is 21.8 Å². The summed E-state index contributed by atoms with van der Waals surface area (Å²) in [5.74, 6) is 0.677. The molecule has 176 valence electrons. The Labute approximate surface area is 189 Å². The molecule has 1 heterocycles. The van der Waals surface area contributed by atoms with E-state index in [-0.39, 0.29) is 24.1 Å². The van der Waals surface area contributed by atoms with Crippen LogP contribution in [0.5, 0.6) is 17.4 Å². The summed E-state index contributed by atoms with van der Waals surface area (Å²) in [6.07, 6.45) is 1.53. The molecule has 0 bridgehead atoms. The molecule has 0 aliphatic rings. The van der Waals surface area contributed by atoms with E-state index in [0.717, 1.165) is 17.4 Å². The van der Waals surface area contributed by atoms with Gasteiger partial charge in [-0.15, -0.1) is 0 Å². The number of benzene rings is 1. The monoisotopic (exact) mass is 466 g/mol. The summed E-state index contributed by atoms with van der Waals surface area (Å²) in [6.45, 7) is 7.28. The van der Waals surface area contributed by atoms with Crippen molar-refractivity contribution in [2.24, 2.45) is 0 Å². The molecule has 0 amide bonds. The van der Waals surface area contributed by atoms with Gasteiger partial charge in [-0.05, 0) is 56.5 Å². The van der Waals surface area contributed by atoms with Crippen LogP contribution in [0.4, 0.5) is 5.69 Å². The number of pyridine rings is 1. The van der Waals surface area contributed by atoms with E-state index in [4.69, 9.17) is 18.4 Å². The first-order chi connectivity index (χ1) is 15.0. The molecule has 32 heavy (non-hydrogen) atoms. The number of hydrogen-bond acceptors (Lipinski definition) is 9. The van der Waals surface area contributed by atoms with Gasteiger partial charge in [0.05, 0.1) is 38.8 Å². The number of anilines is 1. The largest absolute Gasteiger partial charge is 0.497 e. The predicted molar refractivity (Wildman–Crippen MR) is 121 cm³/mol. The predicted octanol–water partition coefficient (Wildman–Crippen LogP) is 3.76. The van der Waals surface area contributed by atoms with Gasteiger partial charge in [0, 0.05) is 5.69 Å². The second-order valence-electron chi connectivity index (χ2n) is 7.41. The maximum absolute atomic E-state index is 12.7. The van der Waals surface area contributed by atoms with E-state index >= 15 is 0 Å². The van der Waals surface area contributed by atoms with Gasteiger partial charge in [0.2, 0.25) is 5.88 Å². The van der Waals surface area contributed by atoms with Crippen LogP contribution in [-0.2, 0) is 19.0 Å². The van der Waals surface area contributed by atoms with Crippen molar-refractivity contribution in [2.75, 3.05) is 32.4 Å². The van der Waals surface area contributed by atoms with Crippen LogP contribution in [0.2, 0.25) is 0 Å². The maximum Gasteiger partial charge on any atom is 0.345 e. The number of nitrogens with zero attached hydrogens (tertiary/aromatic N) is 1. The SMILES string of the molecule is CCC(COS(C)(=O)=O)Nc1cc(C)nc(Oc2c(C)cc(OC)cc2C)c1C(=O)OC. The Morgan fingerprint density at radius 2 is 1.75 bits per heavy atom. The molecule has 0 radical (unpaired) electrons. The molecule has 0 saturated heterocycles. The smallest absolute Gasteiger partial charge is 0.345 e. The number of carbonyl (C=O) groups excluding carboxylic acids is 1. The Bertz CT molecular complexity index is 1060. The Morgan fingerprint density at radius 1 is 1.12 bits per heavy atom. The quantitative estimate of drug-likeness (QED) is 0.413. The van der Waals surface area contributed by atoms with Crippen molar-refractivity contribution in [3.63, 3.8) is 0 Å². The number of aryl methyl sites for hydroxylation is 3. The molecule has 9 nitrogen and oxygen atoms in total. The first-order valence-corrected chi connectivity index (χ1v) is 11.8. The normalized spacial score (nSPS) is 12.2. The summed E-state index contributed by atoms with van der Waals surface area (Å²) in [6, 6.07) is 4.94. The van der Waals surface area contributed by atoms with Crippen molar-refractivity contribution in [2.45, 2.75) is 40.2 Å². The number of hydrogen-bond donors (Lipinski definition) is 1. The lowest BCUT2D eigenvalue weighted by Gasteiger charge is -2.22. The molecule has 1 unspecified atom stereocenters. The molecule has 0 spiro atoms. The van der Waals surface area contributed by atoms with Crippen LogP contribution in [0.3, 0.4) is 0 Å². The zero-order chi connectivity index (χ0) is 24.1. The summed E-state index contributed by atoms with van der Waals surface area (Å²) in [7, 11) is -0.751. The zero-order valence-electron chi connectivity index (χ0n) is 19.4. The maximum atomic E-state index is 12.7. The topological polar surface area (TPSA) is 113 Å². The van der Waals surface area contributed by atoms with Crippen molar-refractivity contribution in [1.29, 1.82) is 0 Å². The summed E-state index contributed by atoms with van der Waals surface area (Å²) in [5.41, 5.74) is 2.72. The number of carbonyl (C=O) groups is 1. The van der Waals surface area contributed by atoms with Gasteiger partial charge in [0.25, 0.3) is 10.1 Å². The molecule has 0 aliphatic heterocycles. The Balaban J connectivity index is 2.51. The van der Waals surface area contributed by atoms with Crippen LogP contribution in [0.25, 0.3) is 0 Å². The second-order valence-corrected chi connectivity index (χ2v) is 9.06. The molecule has 1 atom stereocenters. The van der Waals surface area contributed by atoms with E-state index in [2.05, 4.69) is 10.3 Å². The fourth-order valence-corrected chi connectivity index (χ4v) is 3.52. The third-order valence-electron chi connectivity index (χ3n) is 4.71. The average molecular weight is 467 g/mol. The molecule has 0 fully saturated rings. The van der Waals surface area contributed by atoms with Crippen molar-refractivity contribution in [1.82, 2.24) is 4.98 Å². The third kappa shape index (κ3) is 6.57. The molecule has 1 N–H and O–H groups in total. The van der Waals surface area contributed by atoms with E-state index in [1.54, 1.807) is 20.1 Å². The first kappa shape index (κ1) is 25.4. The van der Waals surface area contributed by atoms with Crippen molar-refractivity contribution < 1.29 is 31.6 Å². The molecule has 0 aliphatic carbocycles. The van der Waals surface area contributed by atoms with Gasteiger partial charge in [-0.25, -0.2) is 9.78 Å². The first-order valence-electron chi connectivity index (χ1n) is 10.0. The lowest BCUT2D eigenvalue weighted by Crippen LogP contribution is -2.27. The highest BCUT2D eigenvalue weighted by Crippen LogP contribution is 2.36. The standard InChI is InChI=1S/C22H30N2O7S/c1-8-16(12-30-32(7,26)27)24-18-11-15(4)23-21(19(18)22(25)29-6)31-20-13(2)9-17(28-5)10-14(20)3/h9-11,16H,8,12H2,1-7H3,(H,23,24). The minimum Gasteiger partial charge on any atom is -0.497 e. The van der Waals surface area contributed by atoms with Crippen LogP contribution < -0.4 is 14.8 Å². The number of methoxy groups -OCH3 is 2. The summed E-state index contributed by atoms with van der Waals surface area (Å²) in [4.78, 5) is 17.1. The highest BCUT2D eigenvalue weighted by Gasteiger charge is 2.24. The molecule has 1 aromatic carbocycles. The minimum atomic E-state index is -3.60. The number of esters is 1. The highest BCUT2D eigenvalue weighted by molar-refractivity contribution is 7.85. The minimum absolute atomic E-state index is 0.0783. The van der Waals surface area contributed by atoms with Crippen molar-refractivity contribution in [3.8, 4) is 17.4 Å². The highest BCUT2D eigenvalue weighted by atomic mass is 32.2. The zero-order valence-corrected chi connectivity index (χ0v) is 20.3. The third-order valence-corrected chi connectivity index (χ3v) is 5.27. The molecular formula is C22H30N2O7S. The molecule has 0 saturated carbocycles. The van der Waals surface area contributed by atoms with Gasteiger partial charge in [-0.1, -0.05) is 6.92 Å². The number of rotatable bonds is 10. The summed E-state index contributed by atoms with van der Waals surface area (Å²) in [5, 5.41) is 3.17. The Kier molecular flexibility index (Phi) is 8.45. The van der Waals surface area contributed by atoms with E-state index < -0.39 is 16.1 Å². The van der Waals surface area contributed by atoms with Gasteiger partial charge in [-0.3, -0.25) is 4.18 Å². The van der Waals surface area contributed by atoms with Crippen LogP contribution >= 0.6 is 0 Å². The van der Waals surface area contributed by atoms with Crippen LogP contribution in [0, 0.1) is 20.8 Å². The molecular weight excluding hydrogens is 436 g/mol. The van der Waals surface area contributed by atoms with E-state index in [1.165, 1.54) is 7.11 Å². The summed E-state index contributed by atoms with van der Waals surface area (Å²) < 4.78 is 44.1. The Hall–Kier alpha value is -2.85. The van der Waals surface area contributed by atoms with Gasteiger partial charge < -0.3 is 19.5 Å². The number of ether oxygens (including phenoxy) is 3. The molecule has 2 rings (SSSR count). The average Bonchev–Trinajstić information content (AvgIpc) is 2.72. The van der Waals surface area contributed by atoms with E-state index in [1.807, 2.05) is 32.9 Å². The van der Waals surface area contributed by atoms with E-state index in [0.29, 0.717) is 29.3 Å². The van der Waals surface area contributed by atoms with Gasteiger partial charge in [0.1, 0.15) is 17.1 Å². The lowest BCUT2D eigenvalue weighted by molar-refractivity contribution is 0.0598.